The molecule has 2 rings (SSSR count). The van der Waals surface area contributed by atoms with Crippen molar-refractivity contribution < 1.29 is 9.53 Å². The SMILES string of the molecule is CSc1ccc(C2=CC(=O)C(C)(C)O2)cc1. The molecule has 0 saturated carbocycles. The van der Waals surface area contributed by atoms with E-state index in [-0.39, 0.29) is 5.78 Å². The smallest absolute Gasteiger partial charge is 0.202 e. The van der Waals surface area contributed by atoms with Crippen molar-refractivity contribution in [1.29, 1.82) is 0 Å². The molecular formula is C13H14O2S. The quantitative estimate of drug-likeness (QED) is 0.735. The van der Waals surface area contributed by atoms with Gasteiger partial charge in [0.25, 0.3) is 0 Å². The first kappa shape index (κ1) is 11.3. The van der Waals surface area contributed by atoms with E-state index in [0.717, 1.165) is 5.56 Å². The molecule has 0 bridgehead atoms. The van der Waals surface area contributed by atoms with Gasteiger partial charge < -0.3 is 4.74 Å². The van der Waals surface area contributed by atoms with Gasteiger partial charge in [-0.3, -0.25) is 4.79 Å². The molecule has 0 fully saturated rings. The maximum atomic E-state index is 11.6. The van der Waals surface area contributed by atoms with E-state index in [1.54, 1.807) is 31.7 Å². The average molecular weight is 234 g/mol. The van der Waals surface area contributed by atoms with Gasteiger partial charge in [0, 0.05) is 16.5 Å². The summed E-state index contributed by atoms with van der Waals surface area (Å²) >= 11 is 1.69. The van der Waals surface area contributed by atoms with E-state index in [4.69, 9.17) is 4.74 Å². The van der Waals surface area contributed by atoms with Crippen molar-refractivity contribution in [3.63, 3.8) is 0 Å². The molecule has 0 amide bonds. The van der Waals surface area contributed by atoms with Gasteiger partial charge in [0.2, 0.25) is 5.78 Å². The van der Waals surface area contributed by atoms with E-state index in [0.29, 0.717) is 5.76 Å². The summed E-state index contributed by atoms with van der Waals surface area (Å²) in [5.41, 5.74) is 0.241. The molecule has 1 heterocycles. The van der Waals surface area contributed by atoms with E-state index in [1.807, 2.05) is 30.5 Å². The van der Waals surface area contributed by atoms with Gasteiger partial charge >= 0.3 is 0 Å². The Labute approximate surface area is 99.7 Å². The summed E-state index contributed by atoms with van der Waals surface area (Å²) in [5.74, 6) is 0.694. The molecule has 0 N–H and O–H groups in total. The van der Waals surface area contributed by atoms with Gasteiger partial charge in [-0.2, -0.15) is 0 Å². The number of carbonyl (C=O) groups excluding carboxylic acids is 1. The second-order valence-electron chi connectivity index (χ2n) is 4.21. The number of rotatable bonds is 2. The van der Waals surface area contributed by atoms with Gasteiger partial charge in [0.05, 0.1) is 0 Å². The Hall–Kier alpha value is -1.22. The summed E-state index contributed by atoms with van der Waals surface area (Å²) < 4.78 is 5.63. The van der Waals surface area contributed by atoms with Crippen LogP contribution in [0.5, 0.6) is 0 Å². The molecule has 3 heteroatoms. The summed E-state index contributed by atoms with van der Waals surface area (Å²) in [6.07, 6.45) is 3.61. The lowest BCUT2D eigenvalue weighted by molar-refractivity contribution is -0.125. The third-order valence-electron chi connectivity index (χ3n) is 2.60. The molecule has 1 aliphatic rings. The van der Waals surface area contributed by atoms with Crippen molar-refractivity contribution in [3.05, 3.63) is 35.9 Å². The summed E-state index contributed by atoms with van der Waals surface area (Å²) in [5, 5.41) is 0. The van der Waals surface area contributed by atoms with Crippen LogP contribution in [0.3, 0.4) is 0 Å². The van der Waals surface area contributed by atoms with Crippen LogP contribution in [-0.2, 0) is 9.53 Å². The van der Waals surface area contributed by atoms with E-state index in [2.05, 4.69) is 0 Å². The zero-order valence-electron chi connectivity index (χ0n) is 9.61. The molecule has 0 unspecified atom stereocenters. The Kier molecular flexibility index (Phi) is 2.80. The van der Waals surface area contributed by atoms with Crippen LogP contribution in [0.2, 0.25) is 0 Å². The minimum atomic E-state index is -0.715. The van der Waals surface area contributed by atoms with E-state index in [9.17, 15) is 4.79 Å². The molecule has 1 aliphatic heterocycles. The van der Waals surface area contributed by atoms with Crippen LogP contribution < -0.4 is 0 Å². The zero-order valence-corrected chi connectivity index (χ0v) is 10.4. The lowest BCUT2D eigenvalue weighted by Gasteiger charge is -2.18. The van der Waals surface area contributed by atoms with Gasteiger partial charge in [-0.1, -0.05) is 12.1 Å². The number of ether oxygens (including phenoxy) is 1. The number of benzene rings is 1. The second kappa shape index (κ2) is 3.98. The monoisotopic (exact) mass is 234 g/mol. The largest absolute Gasteiger partial charge is 0.479 e. The zero-order chi connectivity index (χ0) is 11.8. The Morgan fingerprint density at radius 2 is 1.81 bits per heavy atom. The van der Waals surface area contributed by atoms with Gasteiger partial charge in [-0.15, -0.1) is 11.8 Å². The van der Waals surface area contributed by atoms with Gasteiger partial charge in [0.15, 0.2) is 5.60 Å². The summed E-state index contributed by atoms with van der Waals surface area (Å²) in [6.45, 7) is 3.57. The van der Waals surface area contributed by atoms with Crippen LogP contribution in [0, 0.1) is 0 Å². The molecule has 0 radical (unpaired) electrons. The number of ketones is 1. The van der Waals surface area contributed by atoms with Gasteiger partial charge in [-0.25, -0.2) is 0 Å². The third-order valence-corrected chi connectivity index (χ3v) is 3.34. The van der Waals surface area contributed by atoms with E-state index < -0.39 is 5.60 Å². The van der Waals surface area contributed by atoms with Crippen molar-refractivity contribution in [2.75, 3.05) is 6.26 Å². The fourth-order valence-electron chi connectivity index (χ4n) is 1.55. The molecular weight excluding hydrogens is 220 g/mol. The van der Waals surface area contributed by atoms with Crippen LogP contribution in [-0.4, -0.2) is 17.6 Å². The predicted molar refractivity (Wildman–Crippen MR) is 66.4 cm³/mol. The lowest BCUT2D eigenvalue weighted by atomic mass is 10.1. The first-order chi connectivity index (χ1) is 7.53. The molecule has 1 aromatic carbocycles. The second-order valence-corrected chi connectivity index (χ2v) is 5.09. The van der Waals surface area contributed by atoms with Crippen LogP contribution in [0.4, 0.5) is 0 Å². The van der Waals surface area contributed by atoms with Gasteiger partial charge in [-0.05, 0) is 32.2 Å². The lowest BCUT2D eigenvalue weighted by Crippen LogP contribution is -2.27. The third kappa shape index (κ3) is 2.00. The molecule has 0 aromatic heterocycles. The summed E-state index contributed by atoms with van der Waals surface area (Å²) in [4.78, 5) is 12.8. The minimum absolute atomic E-state index is 0.0245. The van der Waals surface area contributed by atoms with Crippen molar-refractivity contribution in [2.45, 2.75) is 24.3 Å². The Morgan fingerprint density at radius 3 is 2.25 bits per heavy atom. The first-order valence-corrected chi connectivity index (χ1v) is 6.35. The van der Waals surface area contributed by atoms with Crippen LogP contribution in [0.1, 0.15) is 19.4 Å². The molecule has 0 aliphatic carbocycles. The van der Waals surface area contributed by atoms with Crippen molar-refractivity contribution >= 4 is 23.3 Å². The van der Waals surface area contributed by atoms with Gasteiger partial charge in [0.1, 0.15) is 5.76 Å². The summed E-state index contributed by atoms with van der Waals surface area (Å²) in [7, 11) is 0. The molecule has 0 atom stereocenters. The molecule has 84 valence electrons. The minimum Gasteiger partial charge on any atom is -0.479 e. The fourth-order valence-corrected chi connectivity index (χ4v) is 1.95. The Balaban J connectivity index is 2.26. The summed E-state index contributed by atoms with van der Waals surface area (Å²) in [6, 6.07) is 8.01. The Bertz CT molecular complexity index is 444. The standard InChI is InChI=1S/C13H14O2S/c1-13(2)12(14)8-11(15-13)9-4-6-10(16-3)7-5-9/h4-8H,1-3H3. The number of carbonyl (C=O) groups is 1. The molecule has 16 heavy (non-hydrogen) atoms. The fraction of sp³-hybridized carbons (Fsp3) is 0.308. The van der Waals surface area contributed by atoms with Crippen molar-refractivity contribution in [2.24, 2.45) is 0 Å². The normalized spacial score (nSPS) is 18.2. The van der Waals surface area contributed by atoms with E-state index >= 15 is 0 Å². The molecule has 0 saturated heterocycles. The molecule has 2 nitrogen and oxygen atoms in total. The molecule has 0 spiro atoms. The average Bonchev–Trinajstić information content (AvgIpc) is 2.54. The maximum Gasteiger partial charge on any atom is 0.202 e. The first-order valence-electron chi connectivity index (χ1n) is 5.12. The highest BCUT2D eigenvalue weighted by Crippen LogP contribution is 2.31. The topological polar surface area (TPSA) is 26.3 Å². The highest BCUT2D eigenvalue weighted by molar-refractivity contribution is 7.98. The number of thioether (sulfide) groups is 1. The Morgan fingerprint density at radius 1 is 1.19 bits per heavy atom. The predicted octanol–water partition coefficient (Wildman–Crippen LogP) is 3.13. The molecule has 1 aromatic rings. The van der Waals surface area contributed by atoms with Crippen LogP contribution >= 0.6 is 11.8 Å². The number of hydrogen-bond acceptors (Lipinski definition) is 3. The highest BCUT2D eigenvalue weighted by atomic mass is 32.2. The highest BCUT2D eigenvalue weighted by Gasteiger charge is 2.35. The maximum absolute atomic E-state index is 11.6. The van der Waals surface area contributed by atoms with Crippen molar-refractivity contribution in [3.8, 4) is 0 Å². The number of hydrogen-bond donors (Lipinski definition) is 0. The van der Waals surface area contributed by atoms with Crippen LogP contribution in [0.15, 0.2) is 35.2 Å². The van der Waals surface area contributed by atoms with Crippen LogP contribution in [0.25, 0.3) is 5.76 Å². The van der Waals surface area contributed by atoms with Crippen molar-refractivity contribution in [1.82, 2.24) is 0 Å². The van der Waals surface area contributed by atoms with E-state index in [1.165, 1.54) is 4.90 Å².